The molecule has 0 aliphatic heterocycles. The molecule has 0 bridgehead atoms. The summed E-state index contributed by atoms with van der Waals surface area (Å²) in [6, 6.07) is -2.42. The average molecular weight is 338 g/mol. The van der Waals surface area contributed by atoms with Crippen LogP contribution in [0.15, 0.2) is 0 Å². The normalized spacial score (nSPS) is 11.9. The first kappa shape index (κ1) is 24.5. The van der Waals surface area contributed by atoms with Gasteiger partial charge in [-0.3, -0.25) is 0 Å². The number of aliphatic carboxylic acids is 4. The van der Waals surface area contributed by atoms with Crippen molar-refractivity contribution in [2.75, 3.05) is 0 Å². The van der Waals surface area contributed by atoms with Crippen LogP contribution in [-0.4, -0.2) is 36.0 Å². The van der Waals surface area contributed by atoms with E-state index in [1.54, 1.807) is 0 Å². The summed E-state index contributed by atoms with van der Waals surface area (Å²) in [6.07, 6.45) is -1.00. The largest absolute Gasteiger partial charge is 4.00 e. The molecule has 0 aliphatic rings. The van der Waals surface area contributed by atoms with Gasteiger partial charge in [-0.2, -0.15) is 0 Å². The Morgan fingerprint density at radius 2 is 0.952 bits per heavy atom. The van der Waals surface area contributed by atoms with Crippen LogP contribution in [0.3, 0.4) is 0 Å². The van der Waals surface area contributed by atoms with Gasteiger partial charge in [0.25, 0.3) is 0 Å². The van der Waals surface area contributed by atoms with E-state index in [9.17, 15) is 39.6 Å². The molecular formula is C10H14N2O8Ti. The Bertz CT molecular complexity index is 329. The van der Waals surface area contributed by atoms with Gasteiger partial charge < -0.3 is 51.1 Å². The van der Waals surface area contributed by atoms with Crippen molar-refractivity contribution in [2.45, 2.75) is 37.8 Å². The van der Waals surface area contributed by atoms with E-state index in [1.807, 2.05) is 0 Å². The molecular weight excluding hydrogens is 324 g/mol. The van der Waals surface area contributed by atoms with Crippen molar-refractivity contribution in [3.05, 3.63) is 0 Å². The Hall–Kier alpha value is -1.49. The number of carbonyl (C=O) groups excluding carboxylic acids is 4. The van der Waals surface area contributed by atoms with Gasteiger partial charge in [0.1, 0.15) is 0 Å². The van der Waals surface area contributed by atoms with Crippen molar-refractivity contribution in [1.29, 1.82) is 0 Å². The molecule has 11 heteroatoms. The molecule has 0 aliphatic carbocycles. The number of rotatable bonds is 8. The molecule has 0 saturated heterocycles. The van der Waals surface area contributed by atoms with Gasteiger partial charge in [-0.05, 0) is 25.7 Å². The molecule has 116 valence electrons. The molecule has 4 N–H and O–H groups in total. The van der Waals surface area contributed by atoms with Crippen LogP contribution in [0.2, 0.25) is 0 Å². The monoisotopic (exact) mass is 338 g/mol. The van der Waals surface area contributed by atoms with Crippen LogP contribution in [0, 0.1) is 0 Å². The quantitative estimate of drug-likeness (QED) is 0.399. The van der Waals surface area contributed by atoms with Crippen molar-refractivity contribution < 1.29 is 61.3 Å². The first-order valence-corrected chi connectivity index (χ1v) is 5.40. The molecule has 0 radical (unpaired) electrons. The topological polar surface area (TPSA) is 213 Å². The van der Waals surface area contributed by atoms with Gasteiger partial charge in [-0.25, -0.2) is 0 Å². The van der Waals surface area contributed by atoms with Gasteiger partial charge in [0.05, 0.1) is 11.9 Å². The van der Waals surface area contributed by atoms with Crippen LogP contribution in [-0.2, 0) is 40.9 Å². The third kappa shape index (κ3) is 18.5. The van der Waals surface area contributed by atoms with Gasteiger partial charge >= 0.3 is 21.7 Å². The van der Waals surface area contributed by atoms with Crippen molar-refractivity contribution in [3.8, 4) is 0 Å². The summed E-state index contributed by atoms with van der Waals surface area (Å²) in [6.45, 7) is 0. The maximum Gasteiger partial charge on any atom is 4.00 e. The minimum Gasteiger partial charge on any atom is -0.550 e. The van der Waals surface area contributed by atoms with Gasteiger partial charge in [-0.15, -0.1) is 0 Å². The van der Waals surface area contributed by atoms with Crippen LogP contribution >= 0.6 is 0 Å². The van der Waals surface area contributed by atoms with Gasteiger partial charge in [0.15, 0.2) is 0 Å². The molecule has 21 heavy (non-hydrogen) atoms. The molecule has 0 aromatic carbocycles. The summed E-state index contributed by atoms with van der Waals surface area (Å²) in [5.41, 5.74) is 9.82. The van der Waals surface area contributed by atoms with Crippen molar-refractivity contribution in [3.63, 3.8) is 0 Å². The zero-order valence-corrected chi connectivity index (χ0v) is 12.5. The van der Waals surface area contributed by atoms with E-state index in [0.717, 1.165) is 0 Å². The van der Waals surface area contributed by atoms with Gasteiger partial charge in [-0.1, -0.05) is 0 Å². The van der Waals surface area contributed by atoms with E-state index in [2.05, 4.69) is 0 Å². The maximum absolute atomic E-state index is 9.86. The Balaban J connectivity index is -0.000000295. The number of hydrogen-bond acceptors (Lipinski definition) is 10. The minimum absolute atomic E-state index is 0. The standard InChI is InChI=1S/2C5H9NO4.Ti/c2*6-3(5(9)10)1-2-4(7)8;/h2*3H,1-2,6H2,(H,7,8)(H,9,10);/q;;+4/p-4. The molecule has 0 aromatic rings. The first-order valence-electron chi connectivity index (χ1n) is 5.40. The second kappa shape index (κ2) is 13.5. The number of carbonyl (C=O) groups is 4. The zero-order valence-electron chi connectivity index (χ0n) is 10.9. The summed E-state index contributed by atoms with van der Waals surface area (Å²) in [5, 5.41) is 39.2. The second-order valence-electron chi connectivity index (χ2n) is 3.67. The average Bonchev–Trinajstić information content (AvgIpc) is 2.33. The molecule has 0 rings (SSSR count). The molecule has 0 heterocycles. The molecule has 0 aromatic heterocycles. The predicted octanol–water partition coefficient (Wildman–Crippen LogP) is -6.82. The molecule has 0 saturated carbocycles. The summed E-state index contributed by atoms with van der Waals surface area (Å²) >= 11 is 0. The molecule has 2 atom stereocenters. The van der Waals surface area contributed by atoms with Crippen molar-refractivity contribution in [1.82, 2.24) is 0 Å². The SMILES string of the molecule is NC(CCC(=O)[O-])C(=O)[O-].NC(CCC(=O)[O-])C(=O)[O-].[Ti+4]. The summed E-state index contributed by atoms with van der Waals surface area (Å²) in [5.74, 6) is -5.50. The Morgan fingerprint density at radius 3 is 1.10 bits per heavy atom. The maximum atomic E-state index is 9.86. The number of nitrogens with two attached hydrogens (primary N) is 2. The van der Waals surface area contributed by atoms with Crippen LogP contribution in [0.1, 0.15) is 25.7 Å². The van der Waals surface area contributed by atoms with E-state index < -0.39 is 36.0 Å². The number of carboxylic acids is 4. The Morgan fingerprint density at radius 1 is 0.714 bits per heavy atom. The third-order valence-electron chi connectivity index (χ3n) is 1.92. The fourth-order valence-electron chi connectivity index (χ4n) is 0.782. The number of hydrogen-bond donors (Lipinski definition) is 2. The van der Waals surface area contributed by atoms with E-state index in [1.165, 1.54) is 0 Å². The molecule has 0 fully saturated rings. The van der Waals surface area contributed by atoms with Crippen LogP contribution in [0.5, 0.6) is 0 Å². The fraction of sp³-hybridized carbons (Fsp3) is 0.600. The third-order valence-corrected chi connectivity index (χ3v) is 1.92. The number of carboxylic acid groups (broad SMARTS) is 4. The van der Waals surface area contributed by atoms with E-state index >= 15 is 0 Å². The first-order chi connectivity index (χ1) is 9.07. The molecule has 0 spiro atoms. The van der Waals surface area contributed by atoms with E-state index in [0.29, 0.717) is 0 Å². The minimum atomic E-state index is -1.44. The van der Waals surface area contributed by atoms with Crippen molar-refractivity contribution >= 4 is 23.9 Å². The van der Waals surface area contributed by atoms with E-state index in [-0.39, 0.29) is 47.4 Å². The van der Waals surface area contributed by atoms with Crippen LogP contribution in [0.4, 0.5) is 0 Å². The molecule has 0 amide bonds. The predicted molar refractivity (Wildman–Crippen MR) is 54.4 cm³/mol. The Kier molecular flexibility index (Phi) is 15.8. The Labute approximate surface area is 135 Å². The summed E-state index contributed by atoms with van der Waals surface area (Å²) in [7, 11) is 0. The smallest absolute Gasteiger partial charge is 0.550 e. The van der Waals surface area contributed by atoms with E-state index in [4.69, 9.17) is 11.5 Å². The molecule has 2 unspecified atom stereocenters. The van der Waals surface area contributed by atoms with Gasteiger partial charge in [0, 0.05) is 24.0 Å². The van der Waals surface area contributed by atoms with Gasteiger partial charge in [0.2, 0.25) is 0 Å². The van der Waals surface area contributed by atoms with Crippen molar-refractivity contribution in [2.24, 2.45) is 11.5 Å². The zero-order chi connectivity index (χ0) is 16.3. The van der Waals surface area contributed by atoms with Crippen LogP contribution < -0.4 is 31.9 Å². The summed E-state index contributed by atoms with van der Waals surface area (Å²) in [4.78, 5) is 39.2. The molecule has 10 nitrogen and oxygen atoms in total. The van der Waals surface area contributed by atoms with Crippen LogP contribution in [0.25, 0.3) is 0 Å². The summed E-state index contributed by atoms with van der Waals surface area (Å²) < 4.78 is 0. The fourth-order valence-corrected chi connectivity index (χ4v) is 0.782. The second-order valence-corrected chi connectivity index (χ2v) is 3.67.